The second-order valence-corrected chi connectivity index (χ2v) is 11.1. The van der Waals surface area contributed by atoms with E-state index in [1.54, 1.807) is 26.8 Å². The Labute approximate surface area is 219 Å². The number of rotatable bonds is 5. The zero-order valence-electron chi connectivity index (χ0n) is 21.3. The standard InChI is InChI=1S/C25H32ClF3N4O4/c1-15(12-25(27,28)29)35-19-8-5-16(6-9-19)22-31-30-21-14-32(37-23(34)36-24(2,3)4)13-17-11-18(26)7-10-20(17)33(21)22/h7,10-11,15-16,19H,5-6,8-9,12-14H2,1-4H3. The molecule has 37 heavy (non-hydrogen) atoms. The molecule has 0 saturated heterocycles. The number of halogens is 4. The Balaban J connectivity index is 1.51. The highest BCUT2D eigenvalue weighted by Crippen LogP contribution is 2.37. The zero-order valence-corrected chi connectivity index (χ0v) is 22.1. The molecule has 2 aromatic rings. The van der Waals surface area contributed by atoms with Crippen molar-refractivity contribution < 1.29 is 32.3 Å². The Kier molecular flexibility index (Phi) is 8.06. The third kappa shape index (κ3) is 7.36. The summed E-state index contributed by atoms with van der Waals surface area (Å²) in [7, 11) is 0. The first-order valence-electron chi connectivity index (χ1n) is 12.4. The van der Waals surface area contributed by atoms with Crippen molar-refractivity contribution in [3.8, 4) is 5.69 Å². The molecule has 12 heteroatoms. The molecule has 0 N–H and O–H groups in total. The molecule has 8 nitrogen and oxygen atoms in total. The average Bonchev–Trinajstić information content (AvgIpc) is 3.08. The van der Waals surface area contributed by atoms with Crippen LogP contribution in [0, 0.1) is 0 Å². The van der Waals surface area contributed by atoms with E-state index < -0.39 is 30.5 Å². The number of hydrogen-bond donors (Lipinski definition) is 0. The third-order valence-electron chi connectivity index (χ3n) is 6.28. The van der Waals surface area contributed by atoms with Crippen molar-refractivity contribution in [3.05, 3.63) is 40.4 Å². The maximum Gasteiger partial charge on any atom is 0.528 e. The molecule has 0 spiro atoms. The van der Waals surface area contributed by atoms with Crippen molar-refractivity contribution in [2.45, 2.75) is 103 Å². The van der Waals surface area contributed by atoms with Gasteiger partial charge in [-0.05, 0) is 77.1 Å². The van der Waals surface area contributed by atoms with E-state index in [1.807, 2.05) is 16.7 Å². The van der Waals surface area contributed by atoms with E-state index in [0.717, 1.165) is 17.1 Å². The van der Waals surface area contributed by atoms with Crippen molar-refractivity contribution >= 4 is 17.8 Å². The smallest absolute Gasteiger partial charge is 0.427 e. The third-order valence-corrected chi connectivity index (χ3v) is 6.51. The summed E-state index contributed by atoms with van der Waals surface area (Å²) in [5.74, 6) is 1.41. The first kappa shape index (κ1) is 27.7. The second kappa shape index (κ2) is 10.8. The number of benzene rings is 1. The molecule has 2 heterocycles. The number of hydrogen-bond acceptors (Lipinski definition) is 7. The van der Waals surface area contributed by atoms with E-state index in [2.05, 4.69) is 10.2 Å². The van der Waals surface area contributed by atoms with Crippen LogP contribution < -0.4 is 0 Å². The molecular weight excluding hydrogens is 513 g/mol. The van der Waals surface area contributed by atoms with Crippen molar-refractivity contribution in [2.75, 3.05) is 0 Å². The highest BCUT2D eigenvalue weighted by Gasteiger charge is 2.35. The Morgan fingerprint density at radius 3 is 2.49 bits per heavy atom. The highest BCUT2D eigenvalue weighted by molar-refractivity contribution is 6.30. The van der Waals surface area contributed by atoms with Gasteiger partial charge in [0.2, 0.25) is 0 Å². The quantitative estimate of drug-likeness (QED) is 0.398. The van der Waals surface area contributed by atoms with Gasteiger partial charge in [-0.15, -0.1) is 15.3 Å². The lowest BCUT2D eigenvalue weighted by atomic mass is 9.86. The number of alkyl halides is 3. The van der Waals surface area contributed by atoms with Crippen LogP contribution in [0.2, 0.25) is 5.02 Å². The number of carbonyl (C=O) groups is 1. The summed E-state index contributed by atoms with van der Waals surface area (Å²) in [6, 6.07) is 5.48. The predicted octanol–water partition coefficient (Wildman–Crippen LogP) is 6.49. The van der Waals surface area contributed by atoms with Gasteiger partial charge in [-0.1, -0.05) is 11.6 Å². The van der Waals surface area contributed by atoms with Crippen molar-refractivity contribution in [1.82, 2.24) is 19.8 Å². The van der Waals surface area contributed by atoms with Crippen LogP contribution >= 0.6 is 11.6 Å². The normalized spacial score (nSPS) is 21.5. The highest BCUT2D eigenvalue weighted by atomic mass is 35.5. The van der Waals surface area contributed by atoms with Gasteiger partial charge in [-0.2, -0.15) is 13.2 Å². The molecule has 0 amide bonds. The van der Waals surface area contributed by atoms with Gasteiger partial charge in [0.05, 0.1) is 37.4 Å². The van der Waals surface area contributed by atoms with Crippen molar-refractivity contribution in [1.29, 1.82) is 0 Å². The fraction of sp³-hybridized carbons (Fsp3) is 0.640. The van der Waals surface area contributed by atoms with Crippen molar-refractivity contribution in [3.63, 3.8) is 0 Å². The monoisotopic (exact) mass is 544 g/mol. The van der Waals surface area contributed by atoms with Crippen molar-refractivity contribution in [2.24, 2.45) is 0 Å². The molecule has 1 aliphatic carbocycles. The summed E-state index contributed by atoms with van der Waals surface area (Å²) in [5.41, 5.74) is 0.963. The van der Waals surface area contributed by atoms with Crippen LogP contribution in [-0.4, -0.2) is 50.0 Å². The minimum absolute atomic E-state index is 0.0564. The fourth-order valence-corrected chi connectivity index (χ4v) is 5.06. The largest absolute Gasteiger partial charge is 0.528 e. The minimum atomic E-state index is -4.24. The zero-order chi connectivity index (χ0) is 27.0. The van der Waals surface area contributed by atoms with Gasteiger partial charge < -0.3 is 14.3 Å². The summed E-state index contributed by atoms with van der Waals surface area (Å²) < 4.78 is 51.0. The lowest BCUT2D eigenvalue weighted by Crippen LogP contribution is -2.31. The number of hydroxylamine groups is 2. The van der Waals surface area contributed by atoms with Gasteiger partial charge >= 0.3 is 12.3 Å². The molecule has 1 aliphatic heterocycles. The molecule has 1 aromatic heterocycles. The fourth-order valence-electron chi connectivity index (χ4n) is 4.86. The first-order valence-corrected chi connectivity index (χ1v) is 12.8. The van der Waals surface area contributed by atoms with Crippen LogP contribution in [0.25, 0.3) is 5.69 Å². The molecule has 1 fully saturated rings. The number of nitrogens with zero attached hydrogens (tertiary/aromatic N) is 4. The SMILES string of the molecule is CC(CC(F)(F)F)OC1CCC(c2nnc3n2-c2ccc(Cl)cc2CN(OC(=O)OC(C)(C)C)C3)CC1. The molecule has 0 bridgehead atoms. The van der Waals surface area contributed by atoms with E-state index in [0.29, 0.717) is 36.5 Å². The molecule has 1 unspecified atom stereocenters. The average molecular weight is 545 g/mol. The topological polar surface area (TPSA) is 78.7 Å². The van der Waals surface area contributed by atoms with Crippen LogP contribution in [0.4, 0.5) is 18.0 Å². The van der Waals surface area contributed by atoms with Gasteiger partial charge in [0, 0.05) is 10.9 Å². The molecule has 1 atom stereocenters. The summed E-state index contributed by atoms with van der Waals surface area (Å²) in [6.07, 6.45) is -4.42. The Hall–Kier alpha value is -2.37. The van der Waals surface area contributed by atoms with Crippen LogP contribution in [0.15, 0.2) is 18.2 Å². The van der Waals surface area contributed by atoms with E-state index in [1.165, 1.54) is 12.0 Å². The molecule has 4 rings (SSSR count). The van der Waals surface area contributed by atoms with E-state index >= 15 is 0 Å². The molecule has 2 aliphatic rings. The second-order valence-electron chi connectivity index (χ2n) is 10.7. The summed E-state index contributed by atoms with van der Waals surface area (Å²) in [4.78, 5) is 17.8. The van der Waals surface area contributed by atoms with E-state index in [9.17, 15) is 18.0 Å². The Bertz CT molecular complexity index is 1110. The summed E-state index contributed by atoms with van der Waals surface area (Å²) in [5, 5.41) is 10.9. The Morgan fingerprint density at radius 2 is 1.84 bits per heavy atom. The Morgan fingerprint density at radius 1 is 1.14 bits per heavy atom. The molecule has 0 radical (unpaired) electrons. The molecule has 204 valence electrons. The predicted molar refractivity (Wildman–Crippen MR) is 129 cm³/mol. The lowest BCUT2D eigenvalue weighted by Gasteiger charge is -2.30. The van der Waals surface area contributed by atoms with Crippen LogP contribution in [0.1, 0.15) is 82.9 Å². The van der Waals surface area contributed by atoms with Gasteiger partial charge in [0.1, 0.15) is 11.4 Å². The molecule has 1 aromatic carbocycles. The number of aromatic nitrogens is 3. The van der Waals surface area contributed by atoms with Crippen LogP contribution in [0.3, 0.4) is 0 Å². The van der Waals surface area contributed by atoms with Crippen LogP contribution in [0.5, 0.6) is 0 Å². The number of fused-ring (bicyclic) bond motifs is 3. The first-order chi connectivity index (χ1) is 17.3. The maximum absolute atomic E-state index is 12.7. The van der Waals surface area contributed by atoms with Gasteiger partial charge in [0.15, 0.2) is 5.82 Å². The molecule has 1 saturated carbocycles. The van der Waals surface area contributed by atoms with Gasteiger partial charge in [0.25, 0.3) is 0 Å². The van der Waals surface area contributed by atoms with Crippen LogP contribution in [-0.2, 0) is 27.4 Å². The number of carbonyl (C=O) groups excluding carboxylic acids is 1. The van der Waals surface area contributed by atoms with E-state index in [-0.39, 0.29) is 25.1 Å². The minimum Gasteiger partial charge on any atom is -0.427 e. The lowest BCUT2D eigenvalue weighted by molar-refractivity contribution is -0.166. The summed E-state index contributed by atoms with van der Waals surface area (Å²) in [6.45, 7) is 7.19. The summed E-state index contributed by atoms with van der Waals surface area (Å²) >= 11 is 6.28. The number of ether oxygens (including phenoxy) is 2. The van der Waals surface area contributed by atoms with Gasteiger partial charge in [-0.3, -0.25) is 4.57 Å². The van der Waals surface area contributed by atoms with E-state index in [4.69, 9.17) is 25.9 Å². The molecular formula is C25H32ClF3N4O4. The van der Waals surface area contributed by atoms with Gasteiger partial charge in [-0.25, -0.2) is 4.79 Å². The maximum atomic E-state index is 12.7.